The first kappa shape index (κ1) is 26.2. The lowest BCUT2D eigenvalue weighted by atomic mass is 9.84. The molecule has 0 radical (unpaired) electrons. The van der Waals surface area contributed by atoms with Gasteiger partial charge in [-0.2, -0.15) is 0 Å². The molecular formula is C29H34N4O4S. The van der Waals surface area contributed by atoms with Crippen LogP contribution in [0.3, 0.4) is 0 Å². The highest BCUT2D eigenvalue weighted by molar-refractivity contribution is 7.91. The maximum Gasteiger partial charge on any atom is 0.252 e. The first-order valence-corrected chi connectivity index (χ1v) is 14.5. The van der Waals surface area contributed by atoms with Crippen molar-refractivity contribution in [1.82, 2.24) is 19.6 Å². The quantitative estimate of drug-likeness (QED) is 0.421. The summed E-state index contributed by atoms with van der Waals surface area (Å²) in [5.41, 5.74) is 2.99. The van der Waals surface area contributed by atoms with E-state index in [0.29, 0.717) is 46.9 Å². The molecule has 0 spiro atoms. The highest BCUT2D eigenvalue weighted by Gasteiger charge is 2.54. The van der Waals surface area contributed by atoms with Gasteiger partial charge in [0.2, 0.25) is 15.9 Å². The van der Waals surface area contributed by atoms with Crippen molar-refractivity contribution in [2.75, 3.05) is 6.54 Å². The van der Waals surface area contributed by atoms with Crippen LogP contribution in [0, 0.1) is 18.8 Å². The van der Waals surface area contributed by atoms with Crippen LogP contribution in [0.5, 0.6) is 0 Å². The van der Waals surface area contributed by atoms with E-state index in [1.165, 1.54) is 3.97 Å². The minimum absolute atomic E-state index is 0.0591. The summed E-state index contributed by atoms with van der Waals surface area (Å²) in [6, 6.07) is 7.38. The SMILES string of the molecule is C=CCC1(S(=O)(=O)n2cc(C)c3c(C(=O)NCC4C(=O)NC(C)CC4C)cc(-c4cccnc4)cc32)CC1. The van der Waals surface area contributed by atoms with Gasteiger partial charge in [0.05, 0.1) is 16.2 Å². The number of rotatable bonds is 8. The van der Waals surface area contributed by atoms with Crippen LogP contribution in [0.1, 0.15) is 55.5 Å². The predicted octanol–water partition coefficient (Wildman–Crippen LogP) is 4.19. The van der Waals surface area contributed by atoms with Gasteiger partial charge in [0.25, 0.3) is 5.91 Å². The number of hydrogen-bond donors (Lipinski definition) is 2. The molecule has 3 unspecified atom stereocenters. The number of pyridine rings is 1. The van der Waals surface area contributed by atoms with Gasteiger partial charge >= 0.3 is 0 Å². The monoisotopic (exact) mass is 534 g/mol. The van der Waals surface area contributed by atoms with Gasteiger partial charge in [-0.3, -0.25) is 14.6 Å². The number of allylic oxidation sites excluding steroid dienone is 1. The van der Waals surface area contributed by atoms with E-state index in [0.717, 1.165) is 12.0 Å². The molecule has 2 N–H and O–H groups in total. The van der Waals surface area contributed by atoms with Crippen LogP contribution in [-0.4, -0.2) is 46.5 Å². The van der Waals surface area contributed by atoms with E-state index in [2.05, 4.69) is 22.2 Å². The number of nitrogens with one attached hydrogen (secondary N) is 2. The summed E-state index contributed by atoms with van der Waals surface area (Å²) in [6.45, 7) is 9.79. The Kier molecular flexibility index (Phi) is 6.67. The lowest BCUT2D eigenvalue weighted by Crippen LogP contribution is -2.50. The first-order valence-electron chi connectivity index (χ1n) is 13.1. The third-order valence-electron chi connectivity index (χ3n) is 8.05. The largest absolute Gasteiger partial charge is 0.353 e. The van der Waals surface area contributed by atoms with E-state index in [4.69, 9.17) is 0 Å². The summed E-state index contributed by atoms with van der Waals surface area (Å²) < 4.78 is 28.2. The molecule has 1 saturated heterocycles. The molecule has 2 aromatic heterocycles. The normalized spacial score (nSPS) is 22.6. The van der Waals surface area contributed by atoms with Crippen molar-refractivity contribution in [1.29, 1.82) is 0 Å². The highest BCUT2D eigenvalue weighted by Crippen LogP contribution is 2.49. The highest BCUT2D eigenvalue weighted by atomic mass is 32.2. The number of benzene rings is 1. The maximum atomic E-state index is 13.9. The van der Waals surface area contributed by atoms with E-state index < -0.39 is 14.8 Å². The Labute approximate surface area is 223 Å². The molecule has 2 amide bonds. The first-order chi connectivity index (χ1) is 18.1. The fourth-order valence-electron chi connectivity index (χ4n) is 5.76. The van der Waals surface area contributed by atoms with Gasteiger partial charge in [-0.05, 0) is 74.8 Å². The molecule has 9 heteroatoms. The number of carbonyl (C=O) groups excluding carboxylic acids is 2. The number of carbonyl (C=O) groups is 2. The van der Waals surface area contributed by atoms with E-state index >= 15 is 0 Å². The molecular weight excluding hydrogens is 500 g/mol. The Balaban J connectivity index is 1.59. The van der Waals surface area contributed by atoms with Gasteiger partial charge in [-0.25, -0.2) is 12.4 Å². The smallest absolute Gasteiger partial charge is 0.252 e. The molecule has 1 saturated carbocycles. The molecule has 8 nitrogen and oxygen atoms in total. The van der Waals surface area contributed by atoms with Gasteiger partial charge in [-0.1, -0.05) is 19.1 Å². The number of piperidine rings is 1. The summed E-state index contributed by atoms with van der Waals surface area (Å²) in [6.07, 6.45) is 9.01. The Morgan fingerprint density at radius 2 is 2.05 bits per heavy atom. The van der Waals surface area contributed by atoms with Crippen molar-refractivity contribution in [3.8, 4) is 11.1 Å². The summed E-state index contributed by atoms with van der Waals surface area (Å²) >= 11 is 0. The van der Waals surface area contributed by atoms with Crippen molar-refractivity contribution in [3.63, 3.8) is 0 Å². The second-order valence-electron chi connectivity index (χ2n) is 10.9. The van der Waals surface area contributed by atoms with Crippen LogP contribution in [-0.2, 0) is 14.8 Å². The van der Waals surface area contributed by atoms with Gasteiger partial charge in [0.15, 0.2) is 0 Å². The molecule has 2 fully saturated rings. The lowest BCUT2D eigenvalue weighted by Gasteiger charge is -2.32. The molecule has 3 aromatic rings. The summed E-state index contributed by atoms with van der Waals surface area (Å²) in [5.74, 6) is -0.596. The topological polar surface area (TPSA) is 110 Å². The van der Waals surface area contributed by atoms with Crippen molar-refractivity contribution in [2.24, 2.45) is 11.8 Å². The predicted molar refractivity (Wildman–Crippen MR) is 148 cm³/mol. The molecule has 3 heterocycles. The van der Waals surface area contributed by atoms with Crippen LogP contribution in [0.4, 0.5) is 0 Å². The van der Waals surface area contributed by atoms with Crippen LogP contribution in [0.15, 0.2) is 55.5 Å². The van der Waals surface area contributed by atoms with E-state index in [1.807, 2.05) is 32.9 Å². The van der Waals surface area contributed by atoms with Crippen LogP contribution >= 0.6 is 0 Å². The van der Waals surface area contributed by atoms with Crippen molar-refractivity contribution >= 4 is 32.7 Å². The van der Waals surface area contributed by atoms with Crippen molar-refractivity contribution < 1.29 is 18.0 Å². The molecule has 1 aliphatic carbocycles. The third-order valence-corrected chi connectivity index (χ3v) is 10.5. The number of hydrogen-bond acceptors (Lipinski definition) is 5. The zero-order chi connectivity index (χ0) is 27.2. The molecule has 5 rings (SSSR count). The standard InChI is InChI=1S/C29H34N4O4S/c1-5-8-29(9-10-29)38(36,37)33-17-19(3)26-23(13-22(14-25(26)33)21-7-6-11-30-15-21)27(34)31-16-24-18(2)12-20(4)32-28(24)35/h5-7,11,13-15,17-18,20,24H,1,8-10,12,16H2,2-4H3,(H,31,34)(H,32,35). The molecule has 2 aliphatic rings. The van der Waals surface area contributed by atoms with Crippen LogP contribution in [0.25, 0.3) is 22.0 Å². The molecule has 0 bridgehead atoms. The minimum atomic E-state index is -3.74. The summed E-state index contributed by atoms with van der Waals surface area (Å²) in [4.78, 5) is 30.5. The fraction of sp³-hybridized carbons (Fsp3) is 0.414. The number of aromatic nitrogens is 2. The molecule has 38 heavy (non-hydrogen) atoms. The van der Waals surface area contributed by atoms with Crippen LogP contribution in [0.2, 0.25) is 0 Å². The van der Waals surface area contributed by atoms with Crippen LogP contribution < -0.4 is 10.6 Å². The number of fused-ring (bicyclic) bond motifs is 1. The van der Waals surface area contributed by atoms with E-state index in [-0.39, 0.29) is 36.2 Å². The molecule has 200 valence electrons. The summed E-state index contributed by atoms with van der Waals surface area (Å²) in [5, 5.41) is 6.52. The fourth-order valence-corrected chi connectivity index (χ4v) is 7.83. The Morgan fingerprint density at radius 3 is 2.68 bits per heavy atom. The molecule has 1 aliphatic heterocycles. The second-order valence-corrected chi connectivity index (χ2v) is 13.1. The van der Waals surface area contributed by atoms with E-state index in [1.54, 1.807) is 36.8 Å². The Hall–Kier alpha value is -3.46. The van der Waals surface area contributed by atoms with Gasteiger partial charge in [-0.15, -0.1) is 6.58 Å². The van der Waals surface area contributed by atoms with Crippen molar-refractivity contribution in [2.45, 2.75) is 57.2 Å². The Morgan fingerprint density at radius 1 is 1.29 bits per heavy atom. The van der Waals surface area contributed by atoms with Crippen molar-refractivity contribution in [3.05, 3.63) is 66.6 Å². The minimum Gasteiger partial charge on any atom is -0.353 e. The zero-order valence-electron chi connectivity index (χ0n) is 22.0. The third kappa shape index (κ3) is 4.42. The van der Waals surface area contributed by atoms with Gasteiger partial charge in [0, 0.05) is 47.7 Å². The second kappa shape index (κ2) is 9.69. The number of aryl methyl sites for hydroxylation is 1. The van der Waals surface area contributed by atoms with E-state index in [9.17, 15) is 18.0 Å². The average molecular weight is 535 g/mol. The zero-order valence-corrected chi connectivity index (χ0v) is 22.8. The molecule has 1 aromatic carbocycles. The number of amides is 2. The lowest BCUT2D eigenvalue weighted by molar-refractivity contribution is -0.129. The van der Waals surface area contributed by atoms with Gasteiger partial charge < -0.3 is 10.6 Å². The summed E-state index contributed by atoms with van der Waals surface area (Å²) in [7, 11) is -3.74. The number of nitrogens with zero attached hydrogens (tertiary/aromatic N) is 2. The average Bonchev–Trinajstić information content (AvgIpc) is 3.60. The Bertz CT molecular complexity index is 1520. The maximum absolute atomic E-state index is 13.9. The van der Waals surface area contributed by atoms with Gasteiger partial charge in [0.1, 0.15) is 0 Å². The molecule has 3 atom stereocenters.